The van der Waals surface area contributed by atoms with E-state index in [2.05, 4.69) is 17.3 Å². The van der Waals surface area contributed by atoms with Gasteiger partial charge in [0.2, 0.25) is 0 Å². The third kappa shape index (κ3) is 4.20. The lowest BCUT2D eigenvalue weighted by atomic mass is 9.94. The molecule has 0 atom stereocenters. The Hall–Kier alpha value is -1.56. The molecule has 1 aromatic rings. The molecule has 0 saturated carbocycles. The van der Waals surface area contributed by atoms with Crippen molar-refractivity contribution in [1.82, 2.24) is 10.2 Å². The quantitative estimate of drug-likeness (QED) is 0.867. The van der Waals surface area contributed by atoms with Crippen molar-refractivity contribution < 1.29 is 18.0 Å². The minimum absolute atomic E-state index is 0.199. The molecule has 0 bridgehead atoms. The van der Waals surface area contributed by atoms with E-state index >= 15 is 0 Å². The molecule has 0 spiro atoms. The summed E-state index contributed by atoms with van der Waals surface area (Å²) in [5.74, 6) is -4.28. The summed E-state index contributed by atoms with van der Waals surface area (Å²) in [6.07, 6.45) is 3.02. The minimum atomic E-state index is -1.56. The fourth-order valence-electron chi connectivity index (χ4n) is 2.53. The van der Waals surface area contributed by atoms with Crippen LogP contribution >= 0.6 is 0 Å². The molecule has 3 nitrogen and oxygen atoms in total. The molecular weight excluding hydrogens is 281 g/mol. The van der Waals surface area contributed by atoms with E-state index in [9.17, 15) is 18.0 Å². The Morgan fingerprint density at radius 2 is 1.81 bits per heavy atom. The lowest BCUT2D eigenvalue weighted by molar-refractivity contribution is 0.0947. The van der Waals surface area contributed by atoms with E-state index in [0.717, 1.165) is 32.4 Å². The van der Waals surface area contributed by atoms with Crippen LogP contribution in [0.4, 0.5) is 13.2 Å². The van der Waals surface area contributed by atoms with Crippen molar-refractivity contribution in [2.45, 2.75) is 19.3 Å². The standard InChI is InChI=1S/C15H19F3N2O/c1-20-6-3-10(4-7-20)2-5-19-15(21)11-8-12(16)14(18)13(17)9-11/h8-10H,2-7H2,1H3,(H,19,21). The van der Waals surface area contributed by atoms with Gasteiger partial charge in [-0.15, -0.1) is 0 Å². The van der Waals surface area contributed by atoms with Gasteiger partial charge in [0.05, 0.1) is 0 Å². The van der Waals surface area contributed by atoms with Gasteiger partial charge in [-0.2, -0.15) is 0 Å². The lowest BCUT2D eigenvalue weighted by Gasteiger charge is -2.28. The van der Waals surface area contributed by atoms with Gasteiger partial charge < -0.3 is 10.2 Å². The van der Waals surface area contributed by atoms with Crippen molar-refractivity contribution in [2.75, 3.05) is 26.7 Å². The van der Waals surface area contributed by atoms with Crippen LogP contribution < -0.4 is 5.32 Å². The number of hydrogen-bond acceptors (Lipinski definition) is 2. The van der Waals surface area contributed by atoms with E-state index in [-0.39, 0.29) is 5.56 Å². The second-order valence-electron chi connectivity index (χ2n) is 5.55. The molecule has 1 aliphatic heterocycles. The van der Waals surface area contributed by atoms with E-state index < -0.39 is 23.4 Å². The first kappa shape index (κ1) is 15.8. The Morgan fingerprint density at radius 3 is 2.38 bits per heavy atom. The molecule has 21 heavy (non-hydrogen) atoms. The molecule has 1 N–H and O–H groups in total. The number of nitrogens with one attached hydrogen (secondary N) is 1. The zero-order valence-corrected chi connectivity index (χ0v) is 12.0. The smallest absolute Gasteiger partial charge is 0.251 e. The molecule has 0 unspecified atom stereocenters. The Bertz CT molecular complexity index is 491. The molecule has 2 rings (SSSR count). The summed E-state index contributed by atoms with van der Waals surface area (Å²) in [5, 5.41) is 2.62. The highest BCUT2D eigenvalue weighted by molar-refractivity contribution is 5.94. The van der Waals surface area contributed by atoms with Crippen LogP contribution in [-0.4, -0.2) is 37.5 Å². The zero-order chi connectivity index (χ0) is 15.4. The predicted octanol–water partition coefficient (Wildman–Crippen LogP) is 2.57. The summed E-state index contributed by atoms with van der Waals surface area (Å²) in [6, 6.07) is 1.42. The fourth-order valence-corrected chi connectivity index (χ4v) is 2.53. The molecule has 1 saturated heterocycles. The number of carbonyl (C=O) groups excluding carboxylic acids is 1. The van der Waals surface area contributed by atoms with Crippen LogP contribution in [0, 0.1) is 23.4 Å². The maximum Gasteiger partial charge on any atom is 0.251 e. The number of nitrogens with zero attached hydrogens (tertiary/aromatic N) is 1. The summed E-state index contributed by atoms with van der Waals surface area (Å²) in [6.45, 7) is 2.55. The van der Waals surface area contributed by atoms with Crippen LogP contribution in [-0.2, 0) is 0 Å². The molecule has 1 aromatic carbocycles. The Kier molecular flexibility index (Phi) is 5.22. The SMILES string of the molecule is CN1CCC(CCNC(=O)c2cc(F)c(F)c(F)c2)CC1. The summed E-state index contributed by atoms with van der Waals surface area (Å²) in [4.78, 5) is 14.0. The first-order chi connectivity index (χ1) is 9.97. The molecule has 1 aliphatic rings. The Labute approximate surface area is 122 Å². The van der Waals surface area contributed by atoms with Gasteiger partial charge in [0, 0.05) is 12.1 Å². The maximum atomic E-state index is 13.1. The molecule has 1 amide bonds. The number of halogens is 3. The van der Waals surface area contributed by atoms with Crippen molar-refractivity contribution in [3.05, 3.63) is 35.1 Å². The first-order valence-electron chi connectivity index (χ1n) is 7.08. The Morgan fingerprint density at radius 1 is 1.24 bits per heavy atom. The molecule has 0 aromatic heterocycles. The van der Waals surface area contributed by atoms with E-state index in [1.54, 1.807) is 0 Å². The van der Waals surface area contributed by atoms with Gasteiger partial charge in [-0.3, -0.25) is 4.79 Å². The molecule has 6 heteroatoms. The van der Waals surface area contributed by atoms with Crippen molar-refractivity contribution in [1.29, 1.82) is 0 Å². The molecule has 0 aliphatic carbocycles. The van der Waals surface area contributed by atoms with Gasteiger partial charge in [-0.05, 0) is 57.5 Å². The highest BCUT2D eigenvalue weighted by atomic mass is 19.2. The zero-order valence-electron chi connectivity index (χ0n) is 12.0. The van der Waals surface area contributed by atoms with Gasteiger partial charge in [0.15, 0.2) is 17.5 Å². The maximum absolute atomic E-state index is 13.1. The number of amides is 1. The summed E-state index contributed by atoms with van der Waals surface area (Å²) in [5.41, 5.74) is -0.199. The molecular formula is C15H19F3N2O. The first-order valence-corrected chi connectivity index (χ1v) is 7.08. The lowest BCUT2D eigenvalue weighted by Crippen LogP contribution is -2.32. The van der Waals surface area contributed by atoms with E-state index in [0.29, 0.717) is 24.6 Å². The highest BCUT2D eigenvalue weighted by Gasteiger charge is 2.18. The number of likely N-dealkylation sites (tertiary alicyclic amines) is 1. The third-order valence-corrected chi connectivity index (χ3v) is 3.92. The van der Waals surface area contributed by atoms with Crippen LogP contribution in [0.5, 0.6) is 0 Å². The van der Waals surface area contributed by atoms with Gasteiger partial charge in [-0.25, -0.2) is 13.2 Å². The van der Waals surface area contributed by atoms with Crippen LogP contribution in [0.3, 0.4) is 0 Å². The van der Waals surface area contributed by atoms with Gasteiger partial charge in [-0.1, -0.05) is 0 Å². The average molecular weight is 300 g/mol. The summed E-state index contributed by atoms with van der Waals surface area (Å²) in [7, 11) is 2.08. The minimum Gasteiger partial charge on any atom is -0.352 e. The number of rotatable bonds is 4. The van der Waals surface area contributed by atoms with Crippen molar-refractivity contribution in [2.24, 2.45) is 5.92 Å². The highest BCUT2D eigenvalue weighted by Crippen LogP contribution is 2.19. The molecule has 0 radical (unpaired) electrons. The summed E-state index contributed by atoms with van der Waals surface area (Å²) >= 11 is 0. The van der Waals surface area contributed by atoms with E-state index in [4.69, 9.17) is 0 Å². The monoisotopic (exact) mass is 300 g/mol. The van der Waals surface area contributed by atoms with Gasteiger partial charge in [0.1, 0.15) is 0 Å². The van der Waals surface area contributed by atoms with Crippen molar-refractivity contribution in [3.8, 4) is 0 Å². The summed E-state index contributed by atoms with van der Waals surface area (Å²) < 4.78 is 38.9. The van der Waals surface area contributed by atoms with Crippen LogP contribution in [0.25, 0.3) is 0 Å². The second kappa shape index (κ2) is 6.93. The second-order valence-corrected chi connectivity index (χ2v) is 5.55. The number of piperidine rings is 1. The molecule has 1 fully saturated rings. The van der Waals surface area contributed by atoms with E-state index in [1.807, 2.05) is 0 Å². The van der Waals surface area contributed by atoms with Crippen molar-refractivity contribution in [3.63, 3.8) is 0 Å². The largest absolute Gasteiger partial charge is 0.352 e. The molecule has 116 valence electrons. The third-order valence-electron chi connectivity index (χ3n) is 3.92. The van der Waals surface area contributed by atoms with Gasteiger partial charge >= 0.3 is 0 Å². The normalized spacial score (nSPS) is 17.0. The Balaban J connectivity index is 1.82. The topological polar surface area (TPSA) is 32.3 Å². The predicted molar refractivity (Wildman–Crippen MR) is 73.5 cm³/mol. The average Bonchev–Trinajstić information content (AvgIpc) is 2.46. The fraction of sp³-hybridized carbons (Fsp3) is 0.533. The number of hydrogen-bond donors (Lipinski definition) is 1. The van der Waals surface area contributed by atoms with Crippen LogP contribution in [0.1, 0.15) is 29.6 Å². The van der Waals surface area contributed by atoms with Gasteiger partial charge in [0.25, 0.3) is 5.91 Å². The van der Waals surface area contributed by atoms with Crippen molar-refractivity contribution >= 4 is 5.91 Å². The van der Waals surface area contributed by atoms with E-state index in [1.165, 1.54) is 0 Å². The van der Waals surface area contributed by atoms with Crippen LogP contribution in [0.15, 0.2) is 12.1 Å². The number of benzene rings is 1. The molecule has 1 heterocycles. The van der Waals surface area contributed by atoms with Crippen LogP contribution in [0.2, 0.25) is 0 Å². The number of carbonyl (C=O) groups is 1.